The number of ketones is 1. The third-order valence-electron chi connectivity index (χ3n) is 8.95. The average molecular weight is 952 g/mol. The highest BCUT2D eigenvalue weighted by Crippen LogP contribution is 2.20. The molecule has 6 N–H and O–H groups in total. The highest BCUT2D eigenvalue weighted by molar-refractivity contribution is 9.09. The number of ether oxygens (including phenoxy) is 4. The fourth-order valence-corrected chi connectivity index (χ4v) is 6.65. The number of Topliss-reactive ketones (excluding diaryl/α,β-unsaturated/α-hetero) is 1. The highest BCUT2D eigenvalue weighted by atomic mass is 79.9. The van der Waals surface area contributed by atoms with Crippen LogP contribution in [0.25, 0.3) is 11.0 Å². The van der Waals surface area contributed by atoms with Crippen LogP contribution in [0.5, 0.6) is 0 Å². The molecule has 5 amide bonds. The molecule has 0 saturated heterocycles. The molecule has 59 heavy (non-hydrogen) atoms. The van der Waals surface area contributed by atoms with E-state index in [1.54, 1.807) is 30.3 Å². The molecule has 0 saturated carbocycles. The molecule has 0 radical (unpaired) electrons. The lowest BCUT2D eigenvalue weighted by atomic mass is 9.89. The zero-order valence-electron chi connectivity index (χ0n) is 34.0. The van der Waals surface area contributed by atoms with Gasteiger partial charge in [-0.25, -0.2) is 14.8 Å². The molecule has 0 aliphatic carbocycles. The Bertz CT molecular complexity index is 1800. The maximum absolute atomic E-state index is 13.4. The molecular formula is C41H57Br2N7O9. The van der Waals surface area contributed by atoms with Crippen molar-refractivity contribution in [1.82, 2.24) is 25.9 Å². The number of rotatable bonds is 29. The van der Waals surface area contributed by atoms with Crippen molar-refractivity contribution in [3.8, 4) is 0 Å². The molecular weight excluding hydrogens is 894 g/mol. The first-order valence-corrected chi connectivity index (χ1v) is 21.9. The van der Waals surface area contributed by atoms with Gasteiger partial charge in [0.15, 0.2) is 5.78 Å². The number of primary amides is 1. The van der Waals surface area contributed by atoms with E-state index >= 15 is 0 Å². The Balaban J connectivity index is 1.23. The summed E-state index contributed by atoms with van der Waals surface area (Å²) in [6.45, 7) is 8.74. The average Bonchev–Trinajstić information content (AvgIpc) is 3.21. The van der Waals surface area contributed by atoms with Crippen LogP contribution in [-0.2, 0) is 44.0 Å². The van der Waals surface area contributed by atoms with Gasteiger partial charge in [0.05, 0.1) is 81.3 Å². The van der Waals surface area contributed by atoms with Crippen LogP contribution in [0.2, 0.25) is 0 Å². The zero-order valence-corrected chi connectivity index (χ0v) is 37.2. The molecule has 2 aromatic carbocycles. The van der Waals surface area contributed by atoms with Gasteiger partial charge in [-0.1, -0.05) is 63.4 Å². The van der Waals surface area contributed by atoms with Crippen LogP contribution in [0, 0.1) is 18.8 Å². The number of carbonyl (C=O) groups is 5. The van der Waals surface area contributed by atoms with Crippen LogP contribution in [0.3, 0.4) is 0 Å². The Hall–Kier alpha value is -4.07. The van der Waals surface area contributed by atoms with Gasteiger partial charge in [-0.05, 0) is 56.0 Å². The fraction of sp³-hybridized carbons (Fsp3) is 0.537. The highest BCUT2D eigenvalue weighted by Gasteiger charge is 2.29. The minimum atomic E-state index is -0.783. The standard InChI is InChI=1S/C41H57Br2N7O9/c1-27(2)38(36(51)24-29(5-4-13-46-41(44)55)40(54)47-31-9-6-28(3)7-10-31)50-37(52)12-15-56-17-19-58-21-22-59-20-18-57-16-14-45-39(53)30-8-11-32-33(23-30)49-35(26-43)34(25-42)48-32/h6-11,23,27,29,38H,4-5,12-22,24-26H2,1-3H3,(H,45,53)(H,47,54)(H,50,52)(H3,44,46,55)/t29-,38+/m1/s1. The topological polar surface area (TPSA) is 222 Å². The molecule has 2 atom stereocenters. The molecule has 0 bridgehead atoms. The lowest BCUT2D eigenvalue weighted by molar-refractivity contribution is -0.131. The van der Waals surface area contributed by atoms with Crippen LogP contribution in [-0.4, -0.2) is 111 Å². The number of hydrogen-bond acceptors (Lipinski definition) is 11. The lowest BCUT2D eigenvalue weighted by Crippen LogP contribution is -2.45. The fourth-order valence-electron chi connectivity index (χ4n) is 5.75. The van der Waals surface area contributed by atoms with Crippen molar-refractivity contribution in [2.24, 2.45) is 17.6 Å². The zero-order chi connectivity index (χ0) is 43.0. The Labute approximate surface area is 362 Å². The van der Waals surface area contributed by atoms with Crippen molar-refractivity contribution in [3.05, 3.63) is 65.0 Å². The number of nitrogens with one attached hydrogen (secondary N) is 4. The molecule has 0 aliphatic heterocycles. The van der Waals surface area contributed by atoms with E-state index in [0.29, 0.717) is 86.5 Å². The maximum Gasteiger partial charge on any atom is 0.312 e. The normalized spacial score (nSPS) is 12.2. The number of nitrogens with zero attached hydrogens (tertiary/aromatic N) is 2. The molecule has 324 valence electrons. The molecule has 0 unspecified atom stereocenters. The quantitative estimate of drug-likeness (QED) is 0.0474. The summed E-state index contributed by atoms with van der Waals surface area (Å²) in [5, 5.41) is 12.2. The first kappa shape index (κ1) is 49.3. The molecule has 1 heterocycles. The first-order valence-electron chi connectivity index (χ1n) is 19.6. The van der Waals surface area contributed by atoms with Crippen LogP contribution >= 0.6 is 31.9 Å². The van der Waals surface area contributed by atoms with Gasteiger partial charge in [0, 0.05) is 53.8 Å². The summed E-state index contributed by atoms with van der Waals surface area (Å²) in [5.41, 5.74) is 10.4. The first-order chi connectivity index (χ1) is 28.4. The van der Waals surface area contributed by atoms with Crippen molar-refractivity contribution < 1.29 is 42.9 Å². The van der Waals surface area contributed by atoms with Gasteiger partial charge >= 0.3 is 6.03 Å². The molecule has 3 rings (SSSR count). The summed E-state index contributed by atoms with van der Waals surface area (Å²) in [4.78, 5) is 72.3. The number of amides is 5. The SMILES string of the molecule is Cc1ccc(NC(=O)[C@H](CCCNC(N)=O)CC(=O)[C@@H](NC(=O)CCOCCOCCOCCOCCNC(=O)c2ccc3nc(CBr)c(CBr)nc3c2)C(C)C)cc1. The van der Waals surface area contributed by atoms with Crippen LogP contribution in [0.1, 0.15) is 66.8 Å². The van der Waals surface area contributed by atoms with Crippen molar-refractivity contribution in [1.29, 1.82) is 0 Å². The van der Waals surface area contributed by atoms with Crippen LogP contribution in [0.4, 0.5) is 10.5 Å². The van der Waals surface area contributed by atoms with Gasteiger partial charge in [-0.3, -0.25) is 19.2 Å². The Morgan fingerprint density at radius 3 is 1.93 bits per heavy atom. The smallest absolute Gasteiger partial charge is 0.312 e. The van der Waals surface area contributed by atoms with Gasteiger partial charge < -0.3 is 45.9 Å². The van der Waals surface area contributed by atoms with Crippen molar-refractivity contribution >= 4 is 78.1 Å². The number of halogens is 2. The number of aryl methyl sites for hydroxylation is 1. The third kappa shape index (κ3) is 18.8. The number of urea groups is 1. The summed E-state index contributed by atoms with van der Waals surface area (Å²) in [7, 11) is 0. The predicted octanol–water partition coefficient (Wildman–Crippen LogP) is 4.72. The second-order valence-electron chi connectivity index (χ2n) is 14.0. The van der Waals surface area contributed by atoms with Gasteiger partial charge in [-0.15, -0.1) is 0 Å². The molecule has 1 aromatic heterocycles. The number of nitrogens with two attached hydrogens (primary N) is 1. The number of benzene rings is 2. The summed E-state index contributed by atoms with van der Waals surface area (Å²) in [5.74, 6) is -2.01. The van der Waals surface area contributed by atoms with Gasteiger partial charge in [0.1, 0.15) is 0 Å². The van der Waals surface area contributed by atoms with Crippen LogP contribution in [0.15, 0.2) is 42.5 Å². The van der Waals surface area contributed by atoms with E-state index in [4.69, 9.17) is 24.7 Å². The van der Waals surface area contributed by atoms with E-state index < -0.39 is 18.0 Å². The van der Waals surface area contributed by atoms with Crippen molar-refractivity contribution in [2.45, 2.75) is 63.2 Å². The van der Waals surface area contributed by atoms with E-state index in [-0.39, 0.29) is 62.0 Å². The number of hydrogen-bond donors (Lipinski definition) is 5. The number of carbonyl (C=O) groups excluding carboxylic acids is 5. The number of alkyl halides is 2. The minimum Gasteiger partial charge on any atom is -0.379 e. The second kappa shape index (κ2) is 27.6. The summed E-state index contributed by atoms with van der Waals surface area (Å²) in [6.07, 6.45) is 0.751. The largest absolute Gasteiger partial charge is 0.379 e. The van der Waals surface area contributed by atoms with Crippen molar-refractivity contribution in [3.63, 3.8) is 0 Å². The molecule has 3 aromatic rings. The Kier molecular flexibility index (Phi) is 23.1. The third-order valence-corrected chi connectivity index (χ3v) is 10.0. The summed E-state index contributed by atoms with van der Waals surface area (Å²) in [6, 6.07) is 11.1. The van der Waals surface area contributed by atoms with E-state index in [9.17, 15) is 24.0 Å². The summed E-state index contributed by atoms with van der Waals surface area (Å²) < 4.78 is 22.1. The summed E-state index contributed by atoms with van der Waals surface area (Å²) >= 11 is 6.87. The molecule has 18 heteroatoms. The minimum absolute atomic E-state index is 0.0505. The Morgan fingerprint density at radius 2 is 1.34 bits per heavy atom. The van der Waals surface area contributed by atoms with E-state index in [0.717, 1.165) is 22.5 Å². The van der Waals surface area contributed by atoms with E-state index in [1.165, 1.54) is 0 Å². The molecule has 0 spiro atoms. The van der Waals surface area contributed by atoms with Gasteiger partial charge in [0.2, 0.25) is 11.8 Å². The van der Waals surface area contributed by atoms with Crippen molar-refractivity contribution in [2.75, 3.05) is 71.3 Å². The molecule has 0 aliphatic rings. The maximum atomic E-state index is 13.4. The van der Waals surface area contributed by atoms with Gasteiger partial charge in [-0.2, -0.15) is 0 Å². The number of anilines is 1. The van der Waals surface area contributed by atoms with E-state index in [1.807, 2.05) is 32.9 Å². The molecule has 0 fully saturated rings. The van der Waals surface area contributed by atoms with Gasteiger partial charge in [0.25, 0.3) is 5.91 Å². The Morgan fingerprint density at radius 1 is 0.746 bits per heavy atom. The van der Waals surface area contributed by atoms with Crippen LogP contribution < -0.4 is 27.0 Å². The predicted molar refractivity (Wildman–Crippen MR) is 232 cm³/mol. The molecule has 16 nitrogen and oxygen atoms in total. The number of fused-ring (bicyclic) bond motifs is 1. The monoisotopic (exact) mass is 949 g/mol. The van der Waals surface area contributed by atoms with E-state index in [2.05, 4.69) is 63.1 Å². The number of aromatic nitrogens is 2. The second-order valence-corrected chi connectivity index (χ2v) is 15.1. The lowest BCUT2D eigenvalue weighted by Gasteiger charge is -2.24.